The Bertz CT molecular complexity index is 578. The van der Waals surface area contributed by atoms with Crippen molar-refractivity contribution >= 4 is 5.97 Å². The molecule has 1 unspecified atom stereocenters. The van der Waals surface area contributed by atoms with Crippen LogP contribution >= 0.6 is 0 Å². The van der Waals surface area contributed by atoms with E-state index < -0.39 is 12.1 Å². The van der Waals surface area contributed by atoms with E-state index in [4.69, 9.17) is 20.5 Å². The van der Waals surface area contributed by atoms with Gasteiger partial charge in [-0.15, -0.1) is 0 Å². The van der Waals surface area contributed by atoms with E-state index in [1.165, 1.54) is 0 Å². The standard InChI is InChI=1S/C12H14N6O3/c1-9(6-15-17-13)21-12(19)8-20-11-4-2-3-10(5-11)7-16-18-14/h2-5,9H,6-8H2,1H3. The molecule has 0 spiro atoms. The van der Waals surface area contributed by atoms with Crippen molar-refractivity contribution in [2.45, 2.75) is 19.6 Å². The fourth-order valence-electron chi connectivity index (χ4n) is 1.44. The molecule has 110 valence electrons. The number of ether oxygens (including phenoxy) is 2. The molecule has 0 amide bonds. The van der Waals surface area contributed by atoms with Gasteiger partial charge >= 0.3 is 5.97 Å². The van der Waals surface area contributed by atoms with Crippen LogP contribution in [0.4, 0.5) is 0 Å². The highest BCUT2D eigenvalue weighted by Gasteiger charge is 2.09. The molecule has 0 saturated heterocycles. The fourth-order valence-corrected chi connectivity index (χ4v) is 1.44. The van der Waals surface area contributed by atoms with E-state index in [0.29, 0.717) is 5.75 Å². The average molecular weight is 290 g/mol. The molecule has 1 atom stereocenters. The van der Waals surface area contributed by atoms with Crippen LogP contribution in [0.5, 0.6) is 5.75 Å². The molecule has 0 aliphatic carbocycles. The molecule has 0 aliphatic rings. The maximum absolute atomic E-state index is 11.5. The molecule has 0 bridgehead atoms. The van der Waals surface area contributed by atoms with E-state index in [1.54, 1.807) is 31.2 Å². The minimum absolute atomic E-state index is 0.0733. The van der Waals surface area contributed by atoms with Crippen LogP contribution in [0.25, 0.3) is 20.9 Å². The first-order valence-electron chi connectivity index (χ1n) is 6.08. The van der Waals surface area contributed by atoms with Crippen molar-refractivity contribution in [2.75, 3.05) is 13.2 Å². The van der Waals surface area contributed by atoms with Gasteiger partial charge in [0.05, 0.1) is 13.1 Å². The van der Waals surface area contributed by atoms with Gasteiger partial charge in [0.15, 0.2) is 6.61 Å². The summed E-state index contributed by atoms with van der Waals surface area (Å²) in [5.74, 6) is -0.0867. The number of carbonyl (C=O) groups excluding carboxylic acids is 1. The van der Waals surface area contributed by atoms with Crippen LogP contribution in [-0.2, 0) is 16.1 Å². The van der Waals surface area contributed by atoms with Crippen LogP contribution in [0.3, 0.4) is 0 Å². The Morgan fingerprint density at radius 1 is 1.33 bits per heavy atom. The number of hydrogen-bond acceptors (Lipinski definition) is 5. The zero-order valence-electron chi connectivity index (χ0n) is 11.4. The van der Waals surface area contributed by atoms with Gasteiger partial charge in [-0.1, -0.05) is 22.4 Å². The van der Waals surface area contributed by atoms with E-state index in [2.05, 4.69) is 20.1 Å². The minimum Gasteiger partial charge on any atom is -0.482 e. The van der Waals surface area contributed by atoms with Crippen LogP contribution < -0.4 is 4.74 Å². The molecule has 0 fully saturated rings. The van der Waals surface area contributed by atoms with Gasteiger partial charge in [0, 0.05) is 9.82 Å². The highest BCUT2D eigenvalue weighted by molar-refractivity contribution is 5.71. The lowest BCUT2D eigenvalue weighted by Crippen LogP contribution is -2.22. The number of carbonyl (C=O) groups is 1. The van der Waals surface area contributed by atoms with Gasteiger partial charge in [0.1, 0.15) is 11.9 Å². The molecule has 21 heavy (non-hydrogen) atoms. The molecule has 0 radical (unpaired) electrons. The van der Waals surface area contributed by atoms with Crippen LogP contribution in [0.15, 0.2) is 34.5 Å². The second kappa shape index (κ2) is 9.08. The third kappa shape index (κ3) is 6.72. The Labute approximate surface area is 120 Å². The van der Waals surface area contributed by atoms with Gasteiger partial charge in [-0.3, -0.25) is 0 Å². The van der Waals surface area contributed by atoms with Crippen molar-refractivity contribution in [1.82, 2.24) is 0 Å². The van der Waals surface area contributed by atoms with Crippen LogP contribution in [-0.4, -0.2) is 25.2 Å². The molecule has 0 aromatic heterocycles. The first-order valence-corrected chi connectivity index (χ1v) is 6.08. The van der Waals surface area contributed by atoms with Crippen molar-refractivity contribution in [3.63, 3.8) is 0 Å². The molecule has 0 aliphatic heterocycles. The van der Waals surface area contributed by atoms with Gasteiger partial charge in [-0.2, -0.15) is 0 Å². The predicted molar refractivity (Wildman–Crippen MR) is 74.4 cm³/mol. The highest BCUT2D eigenvalue weighted by atomic mass is 16.6. The SMILES string of the molecule is CC(CN=[N+]=[N-])OC(=O)COc1cccc(CN=[N+]=[N-])c1. The quantitative estimate of drug-likeness (QED) is 0.315. The van der Waals surface area contributed by atoms with Crippen molar-refractivity contribution in [2.24, 2.45) is 10.2 Å². The predicted octanol–water partition coefficient (Wildman–Crippen LogP) is 3.12. The lowest BCUT2D eigenvalue weighted by molar-refractivity contribution is -0.150. The van der Waals surface area contributed by atoms with Crippen molar-refractivity contribution in [3.05, 3.63) is 50.7 Å². The Balaban J connectivity index is 2.45. The second-order valence-electron chi connectivity index (χ2n) is 4.04. The number of nitrogens with zero attached hydrogens (tertiary/aromatic N) is 6. The number of rotatable bonds is 8. The second-order valence-corrected chi connectivity index (χ2v) is 4.04. The minimum atomic E-state index is -0.559. The topological polar surface area (TPSA) is 133 Å². The van der Waals surface area contributed by atoms with E-state index in [-0.39, 0.29) is 19.7 Å². The molecule has 0 heterocycles. The summed E-state index contributed by atoms with van der Waals surface area (Å²) in [5, 5.41) is 6.75. The third-order valence-electron chi connectivity index (χ3n) is 2.31. The Kier molecular flexibility index (Phi) is 6.99. The van der Waals surface area contributed by atoms with E-state index in [9.17, 15) is 4.79 Å². The van der Waals surface area contributed by atoms with Gasteiger partial charge in [-0.05, 0) is 35.7 Å². The molecule has 1 aromatic carbocycles. The lowest BCUT2D eigenvalue weighted by Gasteiger charge is -2.11. The summed E-state index contributed by atoms with van der Waals surface area (Å²) in [7, 11) is 0. The van der Waals surface area contributed by atoms with Gasteiger partial charge in [0.2, 0.25) is 0 Å². The maximum atomic E-state index is 11.5. The number of esters is 1. The normalized spacial score (nSPS) is 10.7. The molecule has 0 N–H and O–H groups in total. The number of hydrogen-bond donors (Lipinski definition) is 0. The zero-order chi connectivity index (χ0) is 15.5. The summed E-state index contributed by atoms with van der Waals surface area (Å²) in [4.78, 5) is 16.7. The Morgan fingerprint density at radius 3 is 2.81 bits per heavy atom. The largest absolute Gasteiger partial charge is 0.482 e. The summed E-state index contributed by atoms with van der Waals surface area (Å²) in [6, 6.07) is 6.86. The third-order valence-corrected chi connectivity index (χ3v) is 2.31. The first kappa shape index (κ1) is 16.2. The average Bonchev–Trinajstić information content (AvgIpc) is 2.49. The summed E-state index contributed by atoms with van der Waals surface area (Å²) >= 11 is 0. The molecular weight excluding hydrogens is 276 g/mol. The molecule has 1 rings (SSSR count). The Morgan fingerprint density at radius 2 is 2.10 bits per heavy atom. The smallest absolute Gasteiger partial charge is 0.344 e. The summed E-state index contributed by atoms with van der Waals surface area (Å²) in [6.07, 6.45) is -0.506. The first-order chi connectivity index (χ1) is 10.2. The summed E-state index contributed by atoms with van der Waals surface area (Å²) in [5.41, 5.74) is 17.2. The number of benzene rings is 1. The van der Waals surface area contributed by atoms with Crippen molar-refractivity contribution in [1.29, 1.82) is 0 Å². The van der Waals surface area contributed by atoms with Gasteiger partial charge < -0.3 is 9.47 Å². The van der Waals surface area contributed by atoms with Crippen LogP contribution in [0.1, 0.15) is 12.5 Å². The molecule has 9 heteroatoms. The fraction of sp³-hybridized carbons (Fsp3) is 0.417. The molecular formula is C12H14N6O3. The number of azide groups is 2. The summed E-state index contributed by atoms with van der Waals surface area (Å²) < 4.78 is 10.3. The summed E-state index contributed by atoms with van der Waals surface area (Å²) in [6.45, 7) is 1.64. The van der Waals surface area contributed by atoms with E-state index in [0.717, 1.165) is 5.56 Å². The van der Waals surface area contributed by atoms with E-state index >= 15 is 0 Å². The highest BCUT2D eigenvalue weighted by Crippen LogP contribution is 2.14. The maximum Gasteiger partial charge on any atom is 0.344 e. The van der Waals surface area contributed by atoms with E-state index in [1.807, 2.05) is 0 Å². The van der Waals surface area contributed by atoms with Crippen LogP contribution in [0.2, 0.25) is 0 Å². The van der Waals surface area contributed by atoms with Crippen molar-refractivity contribution in [3.8, 4) is 5.75 Å². The zero-order valence-corrected chi connectivity index (χ0v) is 11.4. The monoisotopic (exact) mass is 290 g/mol. The van der Waals surface area contributed by atoms with Gasteiger partial charge in [0.25, 0.3) is 0 Å². The lowest BCUT2D eigenvalue weighted by atomic mass is 10.2. The molecule has 1 aromatic rings. The van der Waals surface area contributed by atoms with Crippen LogP contribution in [0, 0.1) is 0 Å². The van der Waals surface area contributed by atoms with Crippen molar-refractivity contribution < 1.29 is 14.3 Å². The Hall–Kier alpha value is -2.89. The molecule has 9 nitrogen and oxygen atoms in total. The van der Waals surface area contributed by atoms with Gasteiger partial charge in [-0.25, -0.2) is 4.79 Å². The molecule has 0 saturated carbocycles.